The third-order valence-electron chi connectivity index (χ3n) is 5.02. The number of rotatable bonds is 4. The summed E-state index contributed by atoms with van der Waals surface area (Å²) in [5.41, 5.74) is 2.23. The Labute approximate surface area is 175 Å². The van der Waals surface area contributed by atoms with Crippen LogP contribution in [0.15, 0.2) is 71.5 Å². The zero-order valence-corrected chi connectivity index (χ0v) is 16.9. The fraction of sp³-hybridized carbons (Fsp3) is 0.0870. The predicted molar refractivity (Wildman–Crippen MR) is 121 cm³/mol. The molecular formula is C23H17N3O3S. The SMILES string of the molecule is COc1ccc2nc(NC(=O)Cn3c4ccccc4c(=O)c4ccccc43)sc2c1. The number of ether oxygens (including phenoxy) is 1. The van der Waals surface area contributed by atoms with E-state index in [2.05, 4.69) is 10.3 Å². The second-order valence-corrected chi connectivity index (χ2v) is 7.88. The van der Waals surface area contributed by atoms with E-state index in [4.69, 9.17) is 4.74 Å². The van der Waals surface area contributed by atoms with E-state index in [9.17, 15) is 9.59 Å². The van der Waals surface area contributed by atoms with Gasteiger partial charge in [-0.2, -0.15) is 0 Å². The first-order valence-electron chi connectivity index (χ1n) is 9.39. The number of benzene rings is 3. The van der Waals surface area contributed by atoms with Gasteiger partial charge in [-0.05, 0) is 42.5 Å². The minimum absolute atomic E-state index is 0.0296. The Balaban J connectivity index is 1.53. The average molecular weight is 415 g/mol. The summed E-state index contributed by atoms with van der Waals surface area (Å²) in [6.07, 6.45) is 0. The second kappa shape index (κ2) is 7.27. The first-order chi connectivity index (χ1) is 14.6. The standard InChI is InChI=1S/C23H17N3O3S/c1-29-14-10-11-17-20(12-14)30-23(24-17)25-21(27)13-26-18-8-4-2-6-15(18)22(28)16-7-3-5-9-19(16)26/h2-12H,13H2,1H3,(H,24,25,27). The molecular weight excluding hydrogens is 398 g/mol. The minimum Gasteiger partial charge on any atom is -0.497 e. The highest BCUT2D eigenvalue weighted by Gasteiger charge is 2.14. The number of aromatic nitrogens is 2. The van der Waals surface area contributed by atoms with Gasteiger partial charge >= 0.3 is 0 Å². The predicted octanol–water partition coefficient (Wildman–Crippen LogP) is 4.41. The Morgan fingerprint density at radius 3 is 2.37 bits per heavy atom. The van der Waals surface area contributed by atoms with Crippen LogP contribution in [0.3, 0.4) is 0 Å². The van der Waals surface area contributed by atoms with Gasteiger partial charge in [0.25, 0.3) is 0 Å². The van der Waals surface area contributed by atoms with Gasteiger partial charge < -0.3 is 14.6 Å². The van der Waals surface area contributed by atoms with Crippen molar-refractivity contribution in [2.75, 3.05) is 12.4 Å². The van der Waals surface area contributed by atoms with Crippen molar-refractivity contribution in [1.29, 1.82) is 0 Å². The molecule has 0 unspecified atom stereocenters. The van der Waals surface area contributed by atoms with Gasteiger partial charge in [-0.1, -0.05) is 35.6 Å². The number of nitrogens with one attached hydrogen (secondary N) is 1. The van der Waals surface area contributed by atoms with E-state index in [1.165, 1.54) is 11.3 Å². The maximum absolute atomic E-state index is 12.9. The Hall–Kier alpha value is -3.71. The van der Waals surface area contributed by atoms with Gasteiger partial charge in [0.15, 0.2) is 10.6 Å². The number of thiazole rings is 1. The van der Waals surface area contributed by atoms with Crippen molar-refractivity contribution < 1.29 is 9.53 Å². The summed E-state index contributed by atoms with van der Waals surface area (Å²) < 4.78 is 8.05. The van der Waals surface area contributed by atoms with Gasteiger partial charge in [-0.25, -0.2) is 4.98 Å². The molecule has 2 heterocycles. The fourth-order valence-corrected chi connectivity index (χ4v) is 4.55. The van der Waals surface area contributed by atoms with Crippen LogP contribution in [0.1, 0.15) is 0 Å². The van der Waals surface area contributed by atoms with E-state index < -0.39 is 0 Å². The van der Waals surface area contributed by atoms with E-state index in [1.807, 2.05) is 59.2 Å². The van der Waals surface area contributed by atoms with Gasteiger partial charge in [-0.15, -0.1) is 0 Å². The third-order valence-corrected chi connectivity index (χ3v) is 5.96. The summed E-state index contributed by atoms with van der Waals surface area (Å²) in [7, 11) is 1.62. The maximum atomic E-state index is 12.9. The number of hydrogen-bond acceptors (Lipinski definition) is 5. The molecule has 2 aromatic heterocycles. The van der Waals surface area contributed by atoms with Gasteiger partial charge in [-0.3, -0.25) is 9.59 Å². The quantitative estimate of drug-likeness (QED) is 0.441. The molecule has 0 radical (unpaired) electrons. The van der Waals surface area contributed by atoms with Crippen molar-refractivity contribution in [3.05, 3.63) is 77.0 Å². The summed E-state index contributed by atoms with van der Waals surface area (Å²) >= 11 is 1.39. The van der Waals surface area contributed by atoms with Crippen molar-refractivity contribution in [1.82, 2.24) is 9.55 Å². The lowest BCUT2D eigenvalue weighted by atomic mass is 10.1. The molecule has 0 atom stereocenters. The summed E-state index contributed by atoms with van der Waals surface area (Å²) in [5.74, 6) is 0.537. The number of hydrogen-bond donors (Lipinski definition) is 1. The molecule has 5 aromatic rings. The van der Waals surface area contributed by atoms with Crippen molar-refractivity contribution in [3.8, 4) is 5.75 Å². The Morgan fingerprint density at radius 2 is 1.70 bits per heavy atom. The van der Waals surface area contributed by atoms with Crippen LogP contribution in [0.25, 0.3) is 32.0 Å². The second-order valence-electron chi connectivity index (χ2n) is 6.85. The average Bonchev–Trinajstić information content (AvgIpc) is 3.17. The van der Waals surface area contributed by atoms with Crippen LogP contribution in [0.5, 0.6) is 5.75 Å². The summed E-state index contributed by atoms with van der Waals surface area (Å²) in [6, 6.07) is 20.3. The molecule has 0 aliphatic carbocycles. The van der Waals surface area contributed by atoms with Crippen LogP contribution in [0, 0.1) is 0 Å². The van der Waals surface area contributed by atoms with Crippen LogP contribution < -0.4 is 15.5 Å². The number of carbonyl (C=O) groups excluding carboxylic acids is 1. The van der Waals surface area contributed by atoms with Crippen LogP contribution >= 0.6 is 11.3 Å². The molecule has 1 amide bonds. The normalized spacial score (nSPS) is 11.2. The van der Waals surface area contributed by atoms with E-state index in [0.717, 1.165) is 27.0 Å². The van der Waals surface area contributed by atoms with Crippen LogP contribution in [-0.4, -0.2) is 22.6 Å². The number of carbonyl (C=O) groups is 1. The molecule has 0 fully saturated rings. The molecule has 0 saturated carbocycles. The lowest BCUT2D eigenvalue weighted by Gasteiger charge is -2.14. The number of anilines is 1. The van der Waals surface area contributed by atoms with Crippen LogP contribution in [0.2, 0.25) is 0 Å². The molecule has 1 N–H and O–H groups in total. The maximum Gasteiger partial charge on any atom is 0.246 e. The molecule has 0 spiro atoms. The Morgan fingerprint density at radius 1 is 1.03 bits per heavy atom. The molecule has 0 aliphatic heterocycles. The van der Waals surface area contributed by atoms with Crippen molar-refractivity contribution in [2.24, 2.45) is 0 Å². The molecule has 0 saturated heterocycles. The zero-order chi connectivity index (χ0) is 20.7. The zero-order valence-electron chi connectivity index (χ0n) is 16.1. The summed E-state index contributed by atoms with van der Waals surface area (Å²) in [5, 5.41) is 4.60. The van der Waals surface area contributed by atoms with Crippen LogP contribution in [-0.2, 0) is 11.3 Å². The highest BCUT2D eigenvalue weighted by Crippen LogP contribution is 2.29. The highest BCUT2D eigenvalue weighted by atomic mass is 32.1. The molecule has 30 heavy (non-hydrogen) atoms. The highest BCUT2D eigenvalue weighted by molar-refractivity contribution is 7.22. The van der Waals surface area contributed by atoms with Crippen LogP contribution in [0.4, 0.5) is 5.13 Å². The lowest BCUT2D eigenvalue weighted by Crippen LogP contribution is -2.21. The van der Waals surface area contributed by atoms with Crippen molar-refractivity contribution >= 4 is 54.4 Å². The lowest BCUT2D eigenvalue weighted by molar-refractivity contribution is -0.116. The number of methoxy groups -OCH3 is 1. The number of para-hydroxylation sites is 2. The molecule has 3 aromatic carbocycles. The molecule has 148 valence electrons. The van der Waals surface area contributed by atoms with Gasteiger partial charge in [0.1, 0.15) is 12.3 Å². The van der Waals surface area contributed by atoms with Crippen molar-refractivity contribution in [2.45, 2.75) is 6.54 Å². The number of fused-ring (bicyclic) bond motifs is 3. The Kier molecular flexibility index (Phi) is 4.44. The van der Waals surface area contributed by atoms with Gasteiger partial charge in [0.05, 0.1) is 28.4 Å². The van der Waals surface area contributed by atoms with E-state index >= 15 is 0 Å². The largest absolute Gasteiger partial charge is 0.497 e. The van der Waals surface area contributed by atoms with E-state index in [0.29, 0.717) is 15.9 Å². The monoisotopic (exact) mass is 415 g/mol. The van der Waals surface area contributed by atoms with Crippen molar-refractivity contribution in [3.63, 3.8) is 0 Å². The van der Waals surface area contributed by atoms with Gasteiger partial charge in [0, 0.05) is 10.8 Å². The first-order valence-corrected chi connectivity index (χ1v) is 10.2. The molecule has 0 aliphatic rings. The number of pyridine rings is 1. The first kappa shape index (κ1) is 18.3. The smallest absolute Gasteiger partial charge is 0.246 e. The van der Waals surface area contributed by atoms with Gasteiger partial charge in [0.2, 0.25) is 5.91 Å². The molecule has 0 bridgehead atoms. The topological polar surface area (TPSA) is 73.2 Å². The summed E-state index contributed by atoms with van der Waals surface area (Å²) in [4.78, 5) is 30.2. The third kappa shape index (κ3) is 3.09. The minimum atomic E-state index is -0.208. The molecule has 6 nitrogen and oxygen atoms in total. The van der Waals surface area contributed by atoms with E-state index in [-0.39, 0.29) is 17.9 Å². The van der Waals surface area contributed by atoms with E-state index in [1.54, 1.807) is 19.2 Å². The number of nitrogens with zero attached hydrogens (tertiary/aromatic N) is 2. The molecule has 7 heteroatoms. The Bertz CT molecular complexity index is 1430. The fourth-order valence-electron chi connectivity index (χ4n) is 3.64. The summed E-state index contributed by atoms with van der Waals surface area (Å²) in [6.45, 7) is 0.0700. The number of amides is 1. The molecule has 5 rings (SSSR count).